The molecule has 1 aliphatic heterocycles. The molecule has 0 aliphatic carbocycles. The van der Waals surface area contributed by atoms with Gasteiger partial charge >= 0.3 is 5.91 Å². The Kier molecular flexibility index (Phi) is 5.21. The number of ketones is 1. The number of aromatic nitrogens is 1. The number of Topliss-reactive ketones (excluding diaryl/α,β-unsaturated/α-hetero) is 1. The van der Waals surface area contributed by atoms with Gasteiger partial charge in [0.25, 0.3) is 5.78 Å². The molecule has 0 bridgehead atoms. The molecule has 6 nitrogen and oxygen atoms in total. The van der Waals surface area contributed by atoms with Crippen LogP contribution in [0.5, 0.6) is 5.75 Å². The molecule has 156 valence electrons. The van der Waals surface area contributed by atoms with Crippen LogP contribution in [0.2, 0.25) is 0 Å². The van der Waals surface area contributed by atoms with Crippen LogP contribution in [0.15, 0.2) is 72.4 Å². The molecule has 1 N–H and O–H groups in total. The highest BCUT2D eigenvalue weighted by molar-refractivity contribution is 6.51. The summed E-state index contributed by atoms with van der Waals surface area (Å²) in [5, 5.41) is 11.0. The summed E-state index contributed by atoms with van der Waals surface area (Å²) < 4.78 is 32.6. The number of rotatable bonds is 4. The first-order chi connectivity index (χ1) is 14.9. The lowest BCUT2D eigenvalue weighted by molar-refractivity contribution is -0.132. The van der Waals surface area contributed by atoms with Crippen molar-refractivity contribution in [2.75, 3.05) is 12.0 Å². The van der Waals surface area contributed by atoms with Crippen molar-refractivity contribution in [3.05, 3.63) is 95.2 Å². The minimum absolute atomic E-state index is 0.0892. The second kappa shape index (κ2) is 7.98. The van der Waals surface area contributed by atoms with Crippen molar-refractivity contribution in [3.8, 4) is 5.75 Å². The van der Waals surface area contributed by atoms with Gasteiger partial charge in [0.05, 0.1) is 24.3 Å². The maximum Gasteiger partial charge on any atom is 0.301 e. The highest BCUT2D eigenvalue weighted by Crippen LogP contribution is 2.42. The fourth-order valence-electron chi connectivity index (χ4n) is 3.54. The smallest absolute Gasteiger partial charge is 0.301 e. The van der Waals surface area contributed by atoms with Gasteiger partial charge in [0.15, 0.2) is 0 Å². The maximum absolute atomic E-state index is 13.9. The van der Waals surface area contributed by atoms with Gasteiger partial charge in [-0.25, -0.2) is 13.8 Å². The molecule has 1 fully saturated rings. The standard InChI is InChI=1S/C23H16F2N2O4/c1-31-17-10-9-15(25)12-16(17)21(28)19-20(13-5-7-14(24)8-6-13)27(23(30)22(19)29)18-4-2-3-11-26-18/h2-12,20,28H,1H3/b21-19+/t20-/m0/s1. The number of nitrogens with zero attached hydrogens (tertiary/aromatic N) is 2. The number of methoxy groups -OCH3 is 1. The minimum atomic E-state index is -1.11. The first kappa shape index (κ1) is 20.2. The average Bonchev–Trinajstić information content (AvgIpc) is 3.05. The van der Waals surface area contributed by atoms with E-state index in [1.54, 1.807) is 12.1 Å². The summed E-state index contributed by atoms with van der Waals surface area (Å²) in [7, 11) is 1.33. The second-order valence-corrected chi connectivity index (χ2v) is 6.75. The average molecular weight is 422 g/mol. The highest BCUT2D eigenvalue weighted by Gasteiger charge is 2.47. The molecule has 0 saturated carbocycles. The van der Waals surface area contributed by atoms with Crippen LogP contribution in [0.25, 0.3) is 5.76 Å². The molecule has 2 aromatic carbocycles. The SMILES string of the molecule is COc1ccc(F)cc1/C(O)=C1\C(=O)C(=O)N(c2ccccn2)[C@H]1c1ccc(F)cc1. The topological polar surface area (TPSA) is 79.7 Å². The third-order valence-corrected chi connectivity index (χ3v) is 4.94. The Morgan fingerprint density at radius 3 is 2.39 bits per heavy atom. The third-order valence-electron chi connectivity index (χ3n) is 4.94. The van der Waals surface area contributed by atoms with E-state index in [4.69, 9.17) is 4.74 Å². The number of hydrogen-bond donors (Lipinski definition) is 1. The molecule has 2 heterocycles. The number of carbonyl (C=O) groups is 2. The number of hydrogen-bond acceptors (Lipinski definition) is 5. The van der Waals surface area contributed by atoms with E-state index in [1.165, 1.54) is 49.7 Å². The number of amides is 1. The summed E-state index contributed by atoms with van der Waals surface area (Å²) in [6, 6.07) is 12.3. The molecule has 0 unspecified atom stereocenters. The Labute approximate surface area is 176 Å². The molecule has 3 aromatic rings. The van der Waals surface area contributed by atoms with Gasteiger partial charge in [-0.15, -0.1) is 0 Å². The van der Waals surface area contributed by atoms with E-state index in [2.05, 4.69) is 4.98 Å². The largest absolute Gasteiger partial charge is 0.507 e. The van der Waals surface area contributed by atoms with E-state index in [9.17, 15) is 23.5 Å². The number of carbonyl (C=O) groups excluding carboxylic acids is 2. The summed E-state index contributed by atoms with van der Waals surface area (Å²) in [4.78, 5) is 31.2. The number of ether oxygens (including phenoxy) is 1. The number of anilines is 1. The number of aliphatic hydroxyl groups is 1. The quantitative estimate of drug-likeness (QED) is 0.391. The van der Waals surface area contributed by atoms with Crippen molar-refractivity contribution in [1.82, 2.24) is 4.98 Å². The Morgan fingerprint density at radius 1 is 1.03 bits per heavy atom. The van der Waals surface area contributed by atoms with E-state index < -0.39 is 35.1 Å². The lowest BCUT2D eigenvalue weighted by atomic mass is 9.95. The van der Waals surface area contributed by atoms with Gasteiger partial charge in [0.2, 0.25) is 0 Å². The lowest BCUT2D eigenvalue weighted by Crippen LogP contribution is -2.30. The van der Waals surface area contributed by atoms with E-state index in [0.717, 1.165) is 17.0 Å². The number of aliphatic hydroxyl groups excluding tert-OH is 1. The van der Waals surface area contributed by atoms with Gasteiger partial charge in [0.1, 0.15) is 29.0 Å². The molecule has 4 rings (SSSR count). The highest BCUT2D eigenvalue weighted by atomic mass is 19.1. The van der Waals surface area contributed by atoms with Crippen molar-refractivity contribution in [1.29, 1.82) is 0 Å². The summed E-state index contributed by atoms with van der Waals surface area (Å²) in [6.45, 7) is 0. The van der Waals surface area contributed by atoms with Crippen LogP contribution in [0.3, 0.4) is 0 Å². The van der Waals surface area contributed by atoms with Gasteiger partial charge in [-0.2, -0.15) is 0 Å². The van der Waals surface area contributed by atoms with Crippen LogP contribution in [-0.4, -0.2) is 28.9 Å². The summed E-state index contributed by atoms with van der Waals surface area (Å²) in [5.41, 5.74) is -0.0111. The summed E-state index contributed by atoms with van der Waals surface area (Å²) in [5.74, 6) is -3.41. The molecule has 1 atom stereocenters. The molecular weight excluding hydrogens is 406 g/mol. The van der Waals surface area contributed by atoms with Crippen LogP contribution < -0.4 is 9.64 Å². The Bertz CT molecular complexity index is 1190. The lowest BCUT2D eigenvalue weighted by Gasteiger charge is -2.24. The van der Waals surface area contributed by atoms with Gasteiger partial charge < -0.3 is 9.84 Å². The molecular formula is C23H16F2N2O4. The third kappa shape index (κ3) is 3.52. The van der Waals surface area contributed by atoms with E-state index in [0.29, 0.717) is 5.56 Å². The Hall–Kier alpha value is -4.07. The van der Waals surface area contributed by atoms with Gasteiger partial charge in [-0.3, -0.25) is 14.5 Å². The zero-order valence-corrected chi connectivity index (χ0v) is 16.3. The molecule has 1 aromatic heterocycles. The first-order valence-corrected chi connectivity index (χ1v) is 9.23. The zero-order valence-electron chi connectivity index (χ0n) is 16.3. The van der Waals surface area contributed by atoms with Crippen LogP contribution >= 0.6 is 0 Å². The van der Waals surface area contributed by atoms with Crippen molar-refractivity contribution < 1.29 is 28.2 Å². The maximum atomic E-state index is 13.9. The normalized spacial score (nSPS) is 17.8. The molecule has 0 radical (unpaired) electrons. The van der Waals surface area contributed by atoms with E-state index >= 15 is 0 Å². The van der Waals surface area contributed by atoms with Crippen molar-refractivity contribution in [2.24, 2.45) is 0 Å². The van der Waals surface area contributed by atoms with Crippen molar-refractivity contribution in [3.63, 3.8) is 0 Å². The Morgan fingerprint density at radius 2 is 1.74 bits per heavy atom. The predicted molar refractivity (Wildman–Crippen MR) is 108 cm³/mol. The molecule has 1 aliphatic rings. The minimum Gasteiger partial charge on any atom is -0.507 e. The molecule has 1 saturated heterocycles. The van der Waals surface area contributed by atoms with Crippen LogP contribution in [0.4, 0.5) is 14.6 Å². The number of benzene rings is 2. The summed E-state index contributed by atoms with van der Waals surface area (Å²) >= 11 is 0. The fraction of sp³-hybridized carbons (Fsp3) is 0.0870. The Balaban J connectivity index is 1.98. The molecule has 8 heteroatoms. The van der Waals surface area contributed by atoms with Gasteiger partial charge in [-0.05, 0) is 48.0 Å². The second-order valence-electron chi connectivity index (χ2n) is 6.75. The van der Waals surface area contributed by atoms with E-state index in [1.807, 2.05) is 0 Å². The monoisotopic (exact) mass is 422 g/mol. The molecule has 31 heavy (non-hydrogen) atoms. The molecule has 1 amide bonds. The zero-order chi connectivity index (χ0) is 22.1. The first-order valence-electron chi connectivity index (χ1n) is 9.23. The molecule has 0 spiro atoms. The van der Waals surface area contributed by atoms with Gasteiger partial charge in [-0.1, -0.05) is 18.2 Å². The fourth-order valence-corrected chi connectivity index (χ4v) is 3.54. The van der Waals surface area contributed by atoms with Crippen molar-refractivity contribution >= 4 is 23.3 Å². The number of pyridine rings is 1. The van der Waals surface area contributed by atoms with Crippen molar-refractivity contribution in [2.45, 2.75) is 6.04 Å². The summed E-state index contributed by atoms with van der Waals surface area (Å²) in [6.07, 6.45) is 1.45. The van der Waals surface area contributed by atoms with Crippen LogP contribution in [0, 0.1) is 11.6 Å². The predicted octanol–water partition coefficient (Wildman–Crippen LogP) is 3.99. The number of halogens is 2. The van der Waals surface area contributed by atoms with Gasteiger partial charge in [0, 0.05) is 6.20 Å². The van der Waals surface area contributed by atoms with Crippen LogP contribution in [-0.2, 0) is 9.59 Å². The van der Waals surface area contributed by atoms with E-state index in [-0.39, 0.29) is 22.7 Å². The van der Waals surface area contributed by atoms with Crippen LogP contribution in [0.1, 0.15) is 17.2 Å².